The summed E-state index contributed by atoms with van der Waals surface area (Å²) >= 11 is 3.74. The van der Waals surface area contributed by atoms with Gasteiger partial charge in [0.05, 0.1) is 12.2 Å². The molecule has 0 radical (unpaired) electrons. The van der Waals surface area contributed by atoms with Crippen LogP contribution in [0.3, 0.4) is 0 Å². The van der Waals surface area contributed by atoms with Gasteiger partial charge in [0.2, 0.25) is 0 Å². The van der Waals surface area contributed by atoms with Crippen molar-refractivity contribution >= 4 is 28.3 Å². The van der Waals surface area contributed by atoms with Crippen molar-refractivity contribution in [1.29, 1.82) is 0 Å². The van der Waals surface area contributed by atoms with Gasteiger partial charge in [-0.25, -0.2) is 0 Å². The molecule has 1 saturated carbocycles. The van der Waals surface area contributed by atoms with Crippen molar-refractivity contribution in [2.75, 3.05) is 26.7 Å². The molecule has 0 N–H and O–H groups in total. The molecule has 3 rings (SSSR count). The molecule has 30 heavy (non-hydrogen) atoms. The lowest BCUT2D eigenvalue weighted by molar-refractivity contribution is 0.0545. The number of benzene rings is 1. The van der Waals surface area contributed by atoms with E-state index in [0.717, 1.165) is 24.0 Å². The summed E-state index contributed by atoms with van der Waals surface area (Å²) in [6.45, 7) is 7.99. The van der Waals surface area contributed by atoms with E-state index in [4.69, 9.17) is 9.47 Å². The molecule has 0 spiro atoms. The van der Waals surface area contributed by atoms with E-state index in [9.17, 15) is 0 Å². The van der Waals surface area contributed by atoms with Gasteiger partial charge in [-0.05, 0) is 127 Å². The number of hydrogen-bond donors (Lipinski definition) is 0. The standard InChI is InChI=1S/C25H40BrNO2.ClH/c1-19(2)29-24-10-11-25(26)22(18-24)17-21-12-15-27(16-13-21)14-4-5-20-6-8-23(28-3)9-7-20;/h10-11,18-21,23H,4-9,12-17H2,1-3H3;1H/t20-,23+;. The number of halogens is 2. The maximum absolute atomic E-state index is 5.89. The highest BCUT2D eigenvalue weighted by atomic mass is 79.9. The van der Waals surface area contributed by atoms with Crippen LogP contribution in [0.2, 0.25) is 0 Å². The highest BCUT2D eigenvalue weighted by molar-refractivity contribution is 9.10. The summed E-state index contributed by atoms with van der Waals surface area (Å²) in [5, 5.41) is 0. The lowest BCUT2D eigenvalue weighted by Gasteiger charge is -2.33. The van der Waals surface area contributed by atoms with Gasteiger partial charge in [-0.3, -0.25) is 0 Å². The number of nitrogens with zero attached hydrogens (tertiary/aromatic N) is 1. The number of piperidine rings is 1. The molecule has 1 saturated heterocycles. The van der Waals surface area contributed by atoms with E-state index in [1.807, 2.05) is 7.11 Å². The average Bonchev–Trinajstić information content (AvgIpc) is 2.72. The molecule has 1 heterocycles. The van der Waals surface area contributed by atoms with Crippen molar-refractivity contribution in [2.45, 2.75) is 83.8 Å². The molecule has 0 bridgehead atoms. The highest BCUT2D eigenvalue weighted by Crippen LogP contribution is 2.31. The summed E-state index contributed by atoms with van der Waals surface area (Å²) in [6.07, 6.45) is 12.6. The molecular weight excluding hydrogens is 462 g/mol. The third-order valence-corrected chi connectivity index (χ3v) is 7.59. The Bertz CT molecular complexity index is 611. The van der Waals surface area contributed by atoms with Gasteiger partial charge in [-0.15, -0.1) is 12.4 Å². The van der Waals surface area contributed by atoms with Crippen LogP contribution in [0.5, 0.6) is 5.75 Å². The van der Waals surface area contributed by atoms with Gasteiger partial charge in [0.15, 0.2) is 0 Å². The third kappa shape index (κ3) is 8.33. The third-order valence-electron chi connectivity index (χ3n) is 6.82. The van der Waals surface area contributed by atoms with Gasteiger partial charge in [0, 0.05) is 11.6 Å². The van der Waals surface area contributed by atoms with E-state index in [0.29, 0.717) is 6.10 Å². The van der Waals surface area contributed by atoms with Crippen LogP contribution in [-0.4, -0.2) is 43.9 Å². The fourth-order valence-corrected chi connectivity index (χ4v) is 5.45. The van der Waals surface area contributed by atoms with Crippen LogP contribution in [0, 0.1) is 11.8 Å². The molecule has 1 aromatic rings. The van der Waals surface area contributed by atoms with Crippen molar-refractivity contribution in [3.63, 3.8) is 0 Å². The topological polar surface area (TPSA) is 21.7 Å². The molecule has 1 aromatic carbocycles. The predicted octanol–water partition coefficient (Wildman–Crippen LogP) is 6.90. The zero-order valence-corrected chi connectivity index (χ0v) is 21.5. The SMILES string of the molecule is CO[C@H]1CC[C@@H](CCCN2CCC(Cc3cc(OC(C)C)ccc3Br)CC2)CC1.Cl. The zero-order valence-electron chi connectivity index (χ0n) is 19.1. The minimum atomic E-state index is 0. The number of rotatable bonds is 9. The number of methoxy groups -OCH3 is 1. The summed E-state index contributed by atoms with van der Waals surface area (Å²) < 4.78 is 12.6. The van der Waals surface area contributed by atoms with Crippen LogP contribution in [0.25, 0.3) is 0 Å². The largest absolute Gasteiger partial charge is 0.491 e. The van der Waals surface area contributed by atoms with Gasteiger partial charge in [-0.1, -0.05) is 15.9 Å². The summed E-state index contributed by atoms with van der Waals surface area (Å²) in [6, 6.07) is 6.44. The maximum atomic E-state index is 5.89. The second-order valence-corrected chi connectivity index (χ2v) is 10.3. The van der Waals surface area contributed by atoms with Gasteiger partial charge in [-0.2, -0.15) is 0 Å². The second-order valence-electron chi connectivity index (χ2n) is 9.43. The summed E-state index contributed by atoms with van der Waals surface area (Å²) in [4.78, 5) is 2.70. The molecule has 0 aromatic heterocycles. The second kappa shape index (κ2) is 13.3. The Morgan fingerprint density at radius 1 is 1.03 bits per heavy atom. The molecular formula is C25H41BrClNO2. The molecule has 5 heteroatoms. The van der Waals surface area contributed by atoms with E-state index in [1.54, 1.807) is 0 Å². The quantitative estimate of drug-likeness (QED) is 0.366. The number of ether oxygens (including phenoxy) is 2. The predicted molar refractivity (Wildman–Crippen MR) is 132 cm³/mol. The minimum Gasteiger partial charge on any atom is -0.491 e. The van der Waals surface area contributed by atoms with E-state index < -0.39 is 0 Å². The molecule has 1 aliphatic heterocycles. The first-order valence-corrected chi connectivity index (χ1v) is 12.5. The van der Waals surface area contributed by atoms with Crippen LogP contribution in [0.15, 0.2) is 22.7 Å². The van der Waals surface area contributed by atoms with Gasteiger partial charge < -0.3 is 14.4 Å². The fourth-order valence-electron chi connectivity index (χ4n) is 5.04. The van der Waals surface area contributed by atoms with E-state index in [-0.39, 0.29) is 18.5 Å². The van der Waals surface area contributed by atoms with E-state index in [1.165, 1.54) is 81.0 Å². The van der Waals surface area contributed by atoms with Crippen LogP contribution >= 0.6 is 28.3 Å². The van der Waals surface area contributed by atoms with Crippen molar-refractivity contribution in [1.82, 2.24) is 4.90 Å². The number of likely N-dealkylation sites (tertiary alicyclic amines) is 1. The Kier molecular flexibility index (Phi) is 11.5. The minimum absolute atomic E-state index is 0. The maximum Gasteiger partial charge on any atom is 0.120 e. The van der Waals surface area contributed by atoms with Gasteiger partial charge >= 0.3 is 0 Å². The van der Waals surface area contributed by atoms with Crippen LogP contribution in [0.1, 0.15) is 70.8 Å². The lowest BCUT2D eigenvalue weighted by Crippen LogP contribution is -2.35. The molecule has 0 amide bonds. The average molecular weight is 503 g/mol. The lowest BCUT2D eigenvalue weighted by atomic mass is 9.84. The molecule has 3 nitrogen and oxygen atoms in total. The van der Waals surface area contributed by atoms with Crippen molar-refractivity contribution in [2.24, 2.45) is 11.8 Å². The molecule has 2 fully saturated rings. The Hall–Kier alpha value is -0.290. The molecule has 0 unspecified atom stereocenters. The van der Waals surface area contributed by atoms with E-state index >= 15 is 0 Å². The highest BCUT2D eigenvalue weighted by Gasteiger charge is 2.23. The molecule has 172 valence electrons. The Morgan fingerprint density at radius 2 is 1.73 bits per heavy atom. The van der Waals surface area contributed by atoms with Crippen molar-refractivity contribution in [3.8, 4) is 5.75 Å². The van der Waals surface area contributed by atoms with Crippen LogP contribution in [-0.2, 0) is 11.2 Å². The summed E-state index contributed by atoms with van der Waals surface area (Å²) in [5.74, 6) is 2.73. The Morgan fingerprint density at radius 3 is 2.37 bits per heavy atom. The molecule has 2 aliphatic rings. The number of hydrogen-bond acceptors (Lipinski definition) is 3. The Balaban J connectivity index is 0.00000320. The zero-order chi connectivity index (χ0) is 20.6. The first-order valence-electron chi connectivity index (χ1n) is 11.7. The summed E-state index contributed by atoms with van der Waals surface area (Å²) in [7, 11) is 1.86. The first kappa shape index (κ1) is 26.0. The Labute approximate surface area is 198 Å². The van der Waals surface area contributed by atoms with Gasteiger partial charge in [0.25, 0.3) is 0 Å². The van der Waals surface area contributed by atoms with Crippen LogP contribution in [0.4, 0.5) is 0 Å². The smallest absolute Gasteiger partial charge is 0.120 e. The first-order chi connectivity index (χ1) is 14.0. The monoisotopic (exact) mass is 501 g/mol. The fraction of sp³-hybridized carbons (Fsp3) is 0.760. The van der Waals surface area contributed by atoms with Crippen molar-refractivity contribution < 1.29 is 9.47 Å². The van der Waals surface area contributed by atoms with Crippen molar-refractivity contribution in [3.05, 3.63) is 28.2 Å². The van der Waals surface area contributed by atoms with Gasteiger partial charge in [0.1, 0.15) is 5.75 Å². The molecule has 0 atom stereocenters. The van der Waals surface area contributed by atoms with Crippen LogP contribution < -0.4 is 4.74 Å². The van der Waals surface area contributed by atoms with E-state index in [2.05, 4.69) is 52.9 Å². The normalized spacial score (nSPS) is 23.4. The molecule has 1 aliphatic carbocycles. The summed E-state index contributed by atoms with van der Waals surface area (Å²) in [5.41, 5.74) is 1.40.